The van der Waals surface area contributed by atoms with Crippen LogP contribution in [0.1, 0.15) is 13.8 Å². The standard InChI is InChI=1S/C4H8N2O2.2Na.8H2O/c1-3(5-7)4(2)6-8;;;;;;;;;;/h7-8H,1-2H3;;;8*1H2/q;2*+1;;;;;;;;/p-2. The van der Waals surface area contributed by atoms with Gasteiger partial charge in [-0.25, -0.2) is 0 Å². The Morgan fingerprint density at radius 3 is 0.722 bits per heavy atom. The van der Waals surface area contributed by atoms with Crippen LogP contribution in [-0.2, 0) is 0 Å². The van der Waals surface area contributed by atoms with Crippen LogP contribution in [0.15, 0.2) is 10.3 Å². The van der Waals surface area contributed by atoms with Crippen molar-refractivity contribution in [1.29, 1.82) is 0 Å². The second kappa shape index (κ2) is 65.5. The van der Waals surface area contributed by atoms with E-state index in [1.165, 1.54) is 13.8 Å². The van der Waals surface area contributed by atoms with Crippen LogP contribution >= 0.6 is 0 Å². The predicted octanol–water partition coefficient (Wildman–Crippen LogP) is -11.7. The molecule has 0 aliphatic heterocycles. The zero-order valence-corrected chi connectivity index (χ0v) is 14.7. The van der Waals surface area contributed by atoms with Crippen molar-refractivity contribution in [3.63, 3.8) is 0 Å². The first-order chi connectivity index (χ1) is 3.72. The molecule has 0 radical (unpaired) electrons. The fourth-order valence-corrected chi connectivity index (χ4v) is 0.132. The van der Waals surface area contributed by atoms with Gasteiger partial charge in [-0.15, -0.1) is 0 Å². The number of rotatable bonds is 1. The van der Waals surface area contributed by atoms with Gasteiger partial charge in [0.15, 0.2) is 0 Å². The van der Waals surface area contributed by atoms with Crippen LogP contribution in [0.5, 0.6) is 0 Å². The zero-order valence-electron chi connectivity index (χ0n) is 10.7. The molecule has 0 aliphatic rings. The van der Waals surface area contributed by atoms with Crippen molar-refractivity contribution in [3.05, 3.63) is 10.4 Å². The molecule has 0 heterocycles. The first-order valence-corrected chi connectivity index (χ1v) is 2.06. The van der Waals surface area contributed by atoms with Crippen LogP contribution < -0.4 is 59.1 Å². The largest absolute Gasteiger partial charge is 1.00 e. The Morgan fingerprint density at radius 2 is 0.667 bits per heavy atom. The minimum Gasteiger partial charge on any atom is -0.792 e. The maximum absolute atomic E-state index is 9.60. The van der Waals surface area contributed by atoms with Gasteiger partial charge < -0.3 is 64.5 Å². The van der Waals surface area contributed by atoms with Gasteiger partial charge >= 0.3 is 59.1 Å². The molecule has 110 valence electrons. The zero-order chi connectivity index (χ0) is 6.57. The molecule has 0 aliphatic carbocycles. The molecule has 0 atom stereocenters. The number of hydrogen-bond acceptors (Lipinski definition) is 4. The summed E-state index contributed by atoms with van der Waals surface area (Å²) in [5.41, 5.74) is 0.278. The maximum atomic E-state index is 9.60. The quantitative estimate of drug-likeness (QED) is 0.258. The molecule has 0 aromatic carbocycles. The monoisotopic (exact) mass is 304 g/mol. The van der Waals surface area contributed by atoms with Crippen molar-refractivity contribution in [2.75, 3.05) is 0 Å². The van der Waals surface area contributed by atoms with Crippen molar-refractivity contribution in [3.8, 4) is 0 Å². The van der Waals surface area contributed by atoms with Crippen LogP contribution in [0.25, 0.3) is 0 Å². The van der Waals surface area contributed by atoms with Gasteiger partial charge in [0.2, 0.25) is 0 Å². The Bertz CT molecular complexity index is 130. The van der Waals surface area contributed by atoms with Crippen LogP contribution in [0.2, 0.25) is 0 Å². The second-order valence-corrected chi connectivity index (χ2v) is 1.35. The van der Waals surface area contributed by atoms with Crippen LogP contribution in [0, 0.1) is 10.4 Å². The predicted molar refractivity (Wildman–Crippen MR) is 61.9 cm³/mol. The van der Waals surface area contributed by atoms with Crippen LogP contribution in [0.3, 0.4) is 0 Å². The fraction of sp³-hybridized carbons (Fsp3) is 0.500. The van der Waals surface area contributed by atoms with Gasteiger partial charge in [-0.3, -0.25) is 0 Å². The van der Waals surface area contributed by atoms with E-state index in [0.29, 0.717) is 0 Å². The third-order valence-electron chi connectivity index (χ3n) is 0.797. The Labute approximate surface area is 148 Å². The minimum atomic E-state index is 0. The smallest absolute Gasteiger partial charge is 0.792 e. The van der Waals surface area contributed by atoms with E-state index in [1.54, 1.807) is 0 Å². The Kier molecular flexibility index (Phi) is 362. The van der Waals surface area contributed by atoms with Crippen LogP contribution in [-0.4, -0.2) is 55.2 Å². The molecular weight excluding hydrogens is 282 g/mol. The molecule has 0 saturated heterocycles. The summed E-state index contributed by atoms with van der Waals surface area (Å²) in [4.78, 5) is 0. The molecule has 0 aromatic heterocycles. The molecule has 0 rings (SSSR count). The van der Waals surface area contributed by atoms with Gasteiger partial charge in [0.1, 0.15) is 0 Å². The summed E-state index contributed by atoms with van der Waals surface area (Å²) in [6, 6.07) is 0. The molecule has 0 aromatic rings. The molecule has 12 nitrogen and oxygen atoms in total. The molecule has 18 heavy (non-hydrogen) atoms. The summed E-state index contributed by atoms with van der Waals surface area (Å²) in [5.74, 6) is 0. The van der Waals surface area contributed by atoms with Gasteiger partial charge in [0.05, 0.1) is 0 Å². The maximum Gasteiger partial charge on any atom is 1.00 e. The molecular formula is C4H22N2Na2O10. The van der Waals surface area contributed by atoms with E-state index in [0.717, 1.165) is 0 Å². The van der Waals surface area contributed by atoms with Crippen molar-refractivity contribution in [2.45, 2.75) is 13.8 Å². The van der Waals surface area contributed by atoms with Crippen molar-refractivity contribution in [2.24, 2.45) is 10.3 Å². The molecule has 0 spiro atoms. The minimum absolute atomic E-state index is 0. The molecule has 0 saturated carbocycles. The SMILES string of the molecule is CC(=N[O-])C(C)=N[O-].O.O.O.O.O.O.O.O.[Na+].[Na+]. The third kappa shape index (κ3) is 54.6. The summed E-state index contributed by atoms with van der Waals surface area (Å²) in [7, 11) is 0. The third-order valence-corrected chi connectivity index (χ3v) is 0.797. The number of hydrogen-bond donors (Lipinski definition) is 0. The van der Waals surface area contributed by atoms with Gasteiger partial charge in [-0.2, -0.15) is 0 Å². The Balaban J connectivity index is -0.00000000544. The van der Waals surface area contributed by atoms with E-state index in [-0.39, 0.29) is 114 Å². The van der Waals surface area contributed by atoms with Crippen LogP contribution in [0.4, 0.5) is 0 Å². The Hall–Kier alpha value is 0.620. The average Bonchev–Trinajstić information content (AvgIpc) is 1.84. The summed E-state index contributed by atoms with van der Waals surface area (Å²) in [6.45, 7) is 2.87. The van der Waals surface area contributed by atoms with E-state index in [1.807, 2.05) is 0 Å². The summed E-state index contributed by atoms with van der Waals surface area (Å²) in [5, 5.41) is 24.2. The van der Waals surface area contributed by atoms with E-state index in [4.69, 9.17) is 0 Å². The average molecular weight is 304 g/mol. The second-order valence-electron chi connectivity index (χ2n) is 1.35. The van der Waals surface area contributed by atoms with Gasteiger partial charge in [0, 0.05) is 11.4 Å². The van der Waals surface area contributed by atoms with E-state index in [9.17, 15) is 10.4 Å². The van der Waals surface area contributed by atoms with Crippen molar-refractivity contribution in [1.82, 2.24) is 0 Å². The van der Waals surface area contributed by atoms with E-state index in [2.05, 4.69) is 10.3 Å². The summed E-state index contributed by atoms with van der Waals surface area (Å²) in [6.07, 6.45) is 0. The molecule has 0 bridgehead atoms. The van der Waals surface area contributed by atoms with Gasteiger partial charge in [-0.1, -0.05) is 0 Å². The number of nitrogens with zero attached hydrogens (tertiary/aromatic N) is 2. The molecule has 0 amide bonds. The van der Waals surface area contributed by atoms with E-state index < -0.39 is 0 Å². The van der Waals surface area contributed by atoms with E-state index >= 15 is 0 Å². The fourth-order valence-electron chi connectivity index (χ4n) is 0.132. The summed E-state index contributed by atoms with van der Waals surface area (Å²) >= 11 is 0. The normalized spacial score (nSPS) is 6.33. The first kappa shape index (κ1) is 99.6. The topological polar surface area (TPSA) is 323 Å². The molecule has 0 fully saturated rings. The first-order valence-electron chi connectivity index (χ1n) is 2.06. The van der Waals surface area contributed by atoms with Crippen molar-refractivity contribution < 1.29 is 103 Å². The molecule has 0 unspecified atom stereocenters. The van der Waals surface area contributed by atoms with Crippen molar-refractivity contribution >= 4 is 11.4 Å². The Morgan fingerprint density at radius 1 is 0.556 bits per heavy atom. The molecule has 16 N–H and O–H groups in total. The van der Waals surface area contributed by atoms with Gasteiger partial charge in [0.25, 0.3) is 0 Å². The molecule has 14 heteroatoms. The summed E-state index contributed by atoms with van der Waals surface area (Å²) < 4.78 is 0. The van der Waals surface area contributed by atoms with Gasteiger partial charge in [-0.05, 0) is 13.8 Å².